The Balaban J connectivity index is 2.10. The number of guanidine groups is 2. The third-order valence-corrected chi connectivity index (χ3v) is 6.35. The van der Waals surface area contributed by atoms with Crippen LogP contribution < -0.4 is 44.6 Å². The summed E-state index contributed by atoms with van der Waals surface area (Å²) in [5.74, 6) is -1.43. The second-order valence-corrected chi connectivity index (χ2v) is 9.84. The molecule has 2 rings (SSSR count). The predicted molar refractivity (Wildman–Crippen MR) is 165 cm³/mol. The fourth-order valence-electron chi connectivity index (χ4n) is 4.13. The maximum atomic E-state index is 13.5. The Morgan fingerprint density at radius 1 is 0.667 bits per heavy atom. The normalized spacial score (nSPS) is 12.7. The van der Waals surface area contributed by atoms with Crippen molar-refractivity contribution < 1.29 is 14.4 Å². The van der Waals surface area contributed by atoms with Crippen LogP contribution >= 0.6 is 0 Å². The van der Waals surface area contributed by atoms with Crippen molar-refractivity contribution in [2.24, 2.45) is 38.7 Å². The number of benzene rings is 2. The highest BCUT2D eigenvalue weighted by Crippen LogP contribution is 2.07. The fourth-order valence-corrected chi connectivity index (χ4v) is 4.13. The number of hydrogen-bond acceptors (Lipinski definition) is 6. The minimum absolute atomic E-state index is 0.0374. The van der Waals surface area contributed by atoms with E-state index in [2.05, 4.69) is 25.9 Å². The van der Waals surface area contributed by atoms with Gasteiger partial charge in [-0.05, 0) is 43.2 Å². The lowest BCUT2D eigenvalue weighted by molar-refractivity contribution is -0.132. The van der Waals surface area contributed by atoms with E-state index in [9.17, 15) is 14.4 Å². The molecule has 0 aliphatic heterocycles. The Bertz CT molecular complexity index is 1170. The molecule has 0 fully saturated rings. The molecule has 0 aliphatic carbocycles. The molecule has 13 N–H and O–H groups in total. The highest BCUT2D eigenvalue weighted by atomic mass is 16.2. The van der Waals surface area contributed by atoms with Crippen LogP contribution in [0.4, 0.5) is 0 Å². The van der Waals surface area contributed by atoms with Crippen LogP contribution in [-0.2, 0) is 27.2 Å². The molecule has 3 atom stereocenters. The van der Waals surface area contributed by atoms with Gasteiger partial charge in [0.15, 0.2) is 11.9 Å². The van der Waals surface area contributed by atoms with Gasteiger partial charge >= 0.3 is 0 Å². The van der Waals surface area contributed by atoms with Crippen LogP contribution in [0.3, 0.4) is 0 Å². The van der Waals surface area contributed by atoms with Crippen molar-refractivity contribution in [2.45, 2.75) is 56.7 Å². The molecule has 0 saturated heterocycles. The molecule has 3 amide bonds. The SMILES string of the molecule is NC(N)=NCCC[C@H](NC(=O)[C@H](Cc1ccccc1)NC(=O)[C@@H](N)CCCN=C(N)N)C(=O)NCCc1ccccc1. The van der Waals surface area contributed by atoms with Gasteiger partial charge in [0.1, 0.15) is 12.1 Å². The van der Waals surface area contributed by atoms with Crippen molar-refractivity contribution in [3.8, 4) is 0 Å². The van der Waals surface area contributed by atoms with E-state index in [1.165, 1.54) is 0 Å². The first-order valence-corrected chi connectivity index (χ1v) is 14.0. The number of nitrogens with one attached hydrogen (secondary N) is 3. The lowest BCUT2D eigenvalue weighted by atomic mass is 10.0. The molecule has 13 nitrogen and oxygen atoms in total. The number of amides is 3. The number of carbonyl (C=O) groups is 3. The molecular formula is C29H44N10O3. The second kappa shape index (κ2) is 18.7. The standard InChI is InChI=1S/C29H44N10O3/c30-22(13-7-16-36-28(31)32)25(40)39-24(19-21-11-5-2-6-12-21)27(42)38-23(14-8-17-37-29(33)34)26(41)35-18-15-20-9-3-1-4-10-20/h1-6,9-12,22-24H,7-8,13-19,30H2,(H,35,41)(H,38,42)(H,39,40)(H4,31,32,36)(H4,33,34,37)/t22-,23-,24-/m0/s1. The van der Waals surface area contributed by atoms with Crippen molar-refractivity contribution in [1.29, 1.82) is 0 Å². The average molecular weight is 581 g/mol. The number of aliphatic imine (C=N–C) groups is 2. The summed E-state index contributed by atoms with van der Waals surface area (Å²) < 4.78 is 0. The van der Waals surface area contributed by atoms with Gasteiger partial charge in [0.05, 0.1) is 6.04 Å². The lowest BCUT2D eigenvalue weighted by Gasteiger charge is -2.24. The lowest BCUT2D eigenvalue weighted by Crippen LogP contribution is -2.56. The summed E-state index contributed by atoms with van der Waals surface area (Å²) in [6.45, 7) is 1.02. The van der Waals surface area contributed by atoms with Crippen LogP contribution in [0.25, 0.3) is 0 Å². The Morgan fingerprint density at radius 2 is 1.19 bits per heavy atom. The van der Waals surface area contributed by atoms with Crippen molar-refractivity contribution in [2.75, 3.05) is 19.6 Å². The quantitative estimate of drug-likeness (QED) is 0.0615. The molecule has 0 saturated carbocycles. The summed E-state index contributed by atoms with van der Waals surface area (Å²) in [7, 11) is 0. The van der Waals surface area contributed by atoms with Gasteiger partial charge in [-0.25, -0.2) is 0 Å². The van der Waals surface area contributed by atoms with E-state index < -0.39 is 29.9 Å². The molecule has 0 aliphatic rings. The van der Waals surface area contributed by atoms with Gasteiger partial charge in [-0.2, -0.15) is 0 Å². The second-order valence-electron chi connectivity index (χ2n) is 9.84. The molecule has 0 radical (unpaired) electrons. The summed E-state index contributed by atoms with van der Waals surface area (Å²) >= 11 is 0. The summed E-state index contributed by atoms with van der Waals surface area (Å²) in [5.41, 5.74) is 29.5. The van der Waals surface area contributed by atoms with E-state index in [-0.39, 0.29) is 30.7 Å². The number of rotatable bonds is 18. The fraction of sp³-hybridized carbons (Fsp3) is 0.414. The van der Waals surface area contributed by atoms with Crippen molar-refractivity contribution in [1.82, 2.24) is 16.0 Å². The summed E-state index contributed by atoms with van der Waals surface area (Å²) in [5, 5.41) is 8.47. The van der Waals surface area contributed by atoms with E-state index in [1.807, 2.05) is 60.7 Å². The minimum Gasteiger partial charge on any atom is -0.370 e. The Hall–Kier alpha value is -4.65. The Kier molecular flexibility index (Phi) is 14.9. The first kappa shape index (κ1) is 33.6. The molecule has 0 spiro atoms. The summed E-state index contributed by atoms with van der Waals surface area (Å²) in [6.07, 6.45) is 2.38. The third-order valence-electron chi connectivity index (χ3n) is 6.35. The topological polar surface area (TPSA) is 242 Å². The zero-order valence-corrected chi connectivity index (χ0v) is 23.9. The van der Waals surface area contributed by atoms with E-state index >= 15 is 0 Å². The summed E-state index contributed by atoms with van der Waals surface area (Å²) in [4.78, 5) is 47.5. The van der Waals surface area contributed by atoms with E-state index in [1.54, 1.807) is 0 Å². The largest absolute Gasteiger partial charge is 0.370 e. The van der Waals surface area contributed by atoms with Gasteiger partial charge in [-0.15, -0.1) is 0 Å². The molecule has 2 aromatic carbocycles. The Morgan fingerprint density at radius 3 is 1.76 bits per heavy atom. The first-order chi connectivity index (χ1) is 20.2. The molecule has 228 valence electrons. The number of carbonyl (C=O) groups excluding carboxylic acids is 3. The van der Waals surface area contributed by atoms with Crippen LogP contribution in [-0.4, -0.2) is 67.4 Å². The predicted octanol–water partition coefficient (Wildman–Crippen LogP) is -1.01. The molecule has 42 heavy (non-hydrogen) atoms. The van der Waals surface area contributed by atoms with Crippen LogP contribution in [0, 0.1) is 0 Å². The van der Waals surface area contributed by atoms with Gasteiger partial charge in [0, 0.05) is 26.1 Å². The van der Waals surface area contributed by atoms with Gasteiger partial charge < -0.3 is 44.6 Å². The molecule has 0 heterocycles. The molecule has 13 heteroatoms. The van der Waals surface area contributed by atoms with E-state index in [0.717, 1.165) is 11.1 Å². The van der Waals surface area contributed by atoms with Crippen molar-refractivity contribution in [3.63, 3.8) is 0 Å². The van der Waals surface area contributed by atoms with Gasteiger partial charge in [-0.1, -0.05) is 60.7 Å². The van der Waals surface area contributed by atoms with Gasteiger partial charge in [0.25, 0.3) is 0 Å². The summed E-state index contributed by atoms with van der Waals surface area (Å²) in [6, 6.07) is 16.3. The zero-order chi connectivity index (χ0) is 30.7. The van der Waals surface area contributed by atoms with Crippen LogP contribution in [0.5, 0.6) is 0 Å². The van der Waals surface area contributed by atoms with Crippen LogP contribution in [0.2, 0.25) is 0 Å². The molecule has 2 aromatic rings. The highest BCUT2D eigenvalue weighted by molar-refractivity contribution is 5.93. The molecular weight excluding hydrogens is 536 g/mol. The molecule has 0 unspecified atom stereocenters. The van der Waals surface area contributed by atoms with Crippen LogP contribution in [0.1, 0.15) is 36.8 Å². The number of nitrogens with zero attached hydrogens (tertiary/aromatic N) is 2. The maximum Gasteiger partial charge on any atom is 0.243 e. The van der Waals surface area contributed by atoms with E-state index in [4.69, 9.17) is 28.7 Å². The molecule has 0 bridgehead atoms. The smallest absolute Gasteiger partial charge is 0.243 e. The minimum atomic E-state index is -0.971. The van der Waals surface area contributed by atoms with Gasteiger partial charge in [0.2, 0.25) is 17.7 Å². The van der Waals surface area contributed by atoms with Crippen molar-refractivity contribution >= 4 is 29.6 Å². The Labute approximate surface area is 246 Å². The van der Waals surface area contributed by atoms with Crippen molar-refractivity contribution in [3.05, 3.63) is 71.8 Å². The monoisotopic (exact) mass is 580 g/mol. The average Bonchev–Trinajstić information content (AvgIpc) is 2.97. The third kappa shape index (κ3) is 13.6. The van der Waals surface area contributed by atoms with E-state index in [0.29, 0.717) is 45.3 Å². The zero-order valence-electron chi connectivity index (χ0n) is 23.9. The number of hydrogen-bond donors (Lipinski definition) is 8. The molecule has 0 aromatic heterocycles. The number of nitrogens with two attached hydrogens (primary N) is 5. The highest BCUT2D eigenvalue weighted by Gasteiger charge is 2.28. The first-order valence-electron chi connectivity index (χ1n) is 14.0. The van der Waals surface area contributed by atoms with Crippen LogP contribution in [0.15, 0.2) is 70.6 Å². The van der Waals surface area contributed by atoms with Gasteiger partial charge in [-0.3, -0.25) is 24.4 Å². The maximum absolute atomic E-state index is 13.5.